The van der Waals surface area contributed by atoms with Crippen molar-refractivity contribution in [1.82, 2.24) is 14.7 Å². The number of hydrogen-bond donors (Lipinski definition) is 0. The summed E-state index contributed by atoms with van der Waals surface area (Å²) in [5.74, 6) is 0.769. The van der Waals surface area contributed by atoms with Gasteiger partial charge in [0.2, 0.25) is 5.91 Å². The molecule has 0 aromatic carbocycles. The van der Waals surface area contributed by atoms with Crippen molar-refractivity contribution in [2.75, 3.05) is 6.54 Å². The average molecular weight is 259 g/mol. The van der Waals surface area contributed by atoms with Crippen molar-refractivity contribution in [2.45, 2.75) is 38.1 Å². The molecule has 1 saturated heterocycles. The molecule has 1 aliphatic heterocycles. The van der Waals surface area contributed by atoms with E-state index in [9.17, 15) is 4.79 Å². The Bertz CT molecular complexity index is 491. The lowest BCUT2D eigenvalue weighted by molar-refractivity contribution is -0.132. The smallest absolute Gasteiger partial charge is 0.223 e. The molecule has 1 aliphatic carbocycles. The fourth-order valence-electron chi connectivity index (χ4n) is 3.23. The van der Waals surface area contributed by atoms with Gasteiger partial charge in [0.1, 0.15) is 0 Å². The van der Waals surface area contributed by atoms with Crippen LogP contribution in [-0.4, -0.2) is 27.1 Å². The summed E-state index contributed by atoms with van der Waals surface area (Å²) in [5, 5.41) is 4.23. The second-order valence-corrected chi connectivity index (χ2v) is 5.66. The van der Waals surface area contributed by atoms with E-state index in [4.69, 9.17) is 0 Å². The van der Waals surface area contributed by atoms with Crippen LogP contribution >= 0.6 is 0 Å². The van der Waals surface area contributed by atoms with Crippen molar-refractivity contribution in [3.8, 4) is 0 Å². The number of aromatic nitrogens is 2. The van der Waals surface area contributed by atoms with Crippen LogP contribution in [0.1, 0.15) is 43.7 Å². The number of likely N-dealkylation sites (tertiary alicyclic amines) is 1. The van der Waals surface area contributed by atoms with Crippen molar-refractivity contribution in [1.29, 1.82) is 0 Å². The van der Waals surface area contributed by atoms with Gasteiger partial charge in [0.25, 0.3) is 0 Å². The monoisotopic (exact) mass is 259 g/mol. The molecule has 0 bridgehead atoms. The van der Waals surface area contributed by atoms with Crippen molar-refractivity contribution in [3.05, 3.63) is 30.1 Å². The van der Waals surface area contributed by atoms with Crippen LogP contribution in [0.2, 0.25) is 0 Å². The van der Waals surface area contributed by atoms with Gasteiger partial charge in [-0.3, -0.25) is 9.48 Å². The number of hydrogen-bond acceptors (Lipinski definition) is 2. The number of allylic oxidation sites excluding steroid dienone is 2. The van der Waals surface area contributed by atoms with Gasteiger partial charge in [0.05, 0.1) is 12.2 Å². The first kappa shape index (κ1) is 12.5. The quantitative estimate of drug-likeness (QED) is 0.782. The Labute approximate surface area is 114 Å². The Hall–Kier alpha value is -1.58. The molecule has 0 N–H and O–H groups in total. The van der Waals surface area contributed by atoms with Crippen LogP contribution in [0.15, 0.2) is 24.5 Å². The molecule has 4 heteroatoms. The summed E-state index contributed by atoms with van der Waals surface area (Å²) in [6.07, 6.45) is 13.4. The van der Waals surface area contributed by atoms with Gasteiger partial charge in [-0.25, -0.2) is 0 Å². The molecule has 1 amide bonds. The Balaban J connectivity index is 1.68. The van der Waals surface area contributed by atoms with E-state index in [0.29, 0.717) is 18.2 Å². The minimum absolute atomic E-state index is 0.242. The van der Waals surface area contributed by atoms with Crippen LogP contribution in [0.25, 0.3) is 0 Å². The van der Waals surface area contributed by atoms with Crippen LogP contribution in [-0.2, 0) is 11.8 Å². The molecule has 3 rings (SSSR count). The average Bonchev–Trinajstić information content (AvgIpc) is 3.07. The lowest BCUT2D eigenvalue weighted by atomic mass is 10.0. The van der Waals surface area contributed by atoms with Crippen molar-refractivity contribution < 1.29 is 4.79 Å². The number of carbonyl (C=O) groups is 1. The van der Waals surface area contributed by atoms with E-state index in [1.807, 2.05) is 24.1 Å². The number of rotatable bonds is 3. The molecule has 102 valence electrons. The number of amides is 1. The lowest BCUT2D eigenvalue weighted by Crippen LogP contribution is -2.31. The molecule has 1 aromatic heterocycles. The third-order valence-corrected chi connectivity index (χ3v) is 4.23. The first-order chi connectivity index (χ1) is 9.24. The van der Waals surface area contributed by atoms with Crippen LogP contribution in [0.5, 0.6) is 0 Å². The molecule has 0 radical (unpaired) electrons. The first-order valence-electron chi connectivity index (χ1n) is 7.19. The summed E-state index contributed by atoms with van der Waals surface area (Å²) in [6, 6.07) is 0.242. The Morgan fingerprint density at radius 3 is 3.05 bits per heavy atom. The van der Waals surface area contributed by atoms with Crippen LogP contribution in [0.4, 0.5) is 0 Å². The highest BCUT2D eigenvalue weighted by Gasteiger charge is 2.31. The summed E-state index contributed by atoms with van der Waals surface area (Å²) >= 11 is 0. The summed E-state index contributed by atoms with van der Waals surface area (Å²) in [7, 11) is 1.92. The van der Waals surface area contributed by atoms with Crippen molar-refractivity contribution in [3.63, 3.8) is 0 Å². The first-order valence-corrected chi connectivity index (χ1v) is 7.19. The van der Waals surface area contributed by atoms with Crippen molar-refractivity contribution in [2.24, 2.45) is 13.0 Å². The zero-order valence-electron chi connectivity index (χ0n) is 11.5. The van der Waals surface area contributed by atoms with Gasteiger partial charge in [-0.05, 0) is 31.6 Å². The van der Waals surface area contributed by atoms with E-state index < -0.39 is 0 Å². The molecule has 2 aliphatic rings. The Kier molecular flexibility index (Phi) is 3.40. The molecule has 4 nitrogen and oxygen atoms in total. The van der Waals surface area contributed by atoms with Crippen molar-refractivity contribution >= 4 is 5.91 Å². The molecule has 1 fully saturated rings. The van der Waals surface area contributed by atoms with Crippen LogP contribution in [0.3, 0.4) is 0 Å². The second-order valence-electron chi connectivity index (χ2n) is 5.66. The Morgan fingerprint density at radius 2 is 2.37 bits per heavy atom. The lowest BCUT2D eigenvalue weighted by Gasteiger charge is -2.25. The highest BCUT2D eigenvalue weighted by atomic mass is 16.2. The van der Waals surface area contributed by atoms with Gasteiger partial charge in [-0.15, -0.1) is 0 Å². The van der Waals surface area contributed by atoms with Gasteiger partial charge >= 0.3 is 0 Å². The van der Waals surface area contributed by atoms with E-state index >= 15 is 0 Å². The molecule has 0 spiro atoms. The van der Waals surface area contributed by atoms with Gasteiger partial charge in [0.15, 0.2) is 0 Å². The third-order valence-electron chi connectivity index (χ3n) is 4.23. The fourth-order valence-corrected chi connectivity index (χ4v) is 3.23. The summed E-state index contributed by atoms with van der Waals surface area (Å²) in [6.45, 7) is 0.898. The highest BCUT2D eigenvalue weighted by molar-refractivity contribution is 5.77. The SMILES string of the molecule is Cn1cc([C@@H]2CCCN2C(=O)C[C@H]2C=CCC2)cn1. The minimum Gasteiger partial charge on any atom is -0.336 e. The van der Waals surface area contributed by atoms with E-state index in [2.05, 4.69) is 22.2 Å². The van der Waals surface area contributed by atoms with Gasteiger partial charge in [-0.1, -0.05) is 12.2 Å². The maximum Gasteiger partial charge on any atom is 0.223 e. The number of aryl methyl sites for hydroxylation is 1. The highest BCUT2D eigenvalue weighted by Crippen LogP contribution is 2.33. The zero-order chi connectivity index (χ0) is 13.2. The molecule has 0 unspecified atom stereocenters. The maximum absolute atomic E-state index is 12.5. The largest absolute Gasteiger partial charge is 0.336 e. The molecule has 1 aromatic rings. The third kappa shape index (κ3) is 2.57. The molecular formula is C15H21N3O. The minimum atomic E-state index is 0.242. The van der Waals surface area contributed by atoms with E-state index in [1.54, 1.807) is 0 Å². The van der Waals surface area contributed by atoms with Gasteiger partial charge in [0, 0.05) is 31.8 Å². The second kappa shape index (κ2) is 5.19. The van der Waals surface area contributed by atoms with Gasteiger partial charge < -0.3 is 4.90 Å². The van der Waals surface area contributed by atoms with Crippen LogP contribution in [0, 0.1) is 5.92 Å². The molecular weight excluding hydrogens is 238 g/mol. The molecule has 0 saturated carbocycles. The zero-order valence-corrected chi connectivity index (χ0v) is 11.5. The predicted molar refractivity (Wildman–Crippen MR) is 73.4 cm³/mol. The predicted octanol–water partition coefficient (Wildman–Crippen LogP) is 2.44. The number of nitrogens with zero attached hydrogens (tertiary/aromatic N) is 3. The fraction of sp³-hybridized carbons (Fsp3) is 0.600. The Morgan fingerprint density at radius 1 is 1.47 bits per heavy atom. The standard InChI is InChI=1S/C15H21N3O/c1-17-11-13(10-16-17)14-7-4-8-18(14)15(19)9-12-5-2-3-6-12/h2,5,10-12,14H,3-4,6-9H2,1H3/t12-,14-/m0/s1. The van der Waals surface area contributed by atoms with E-state index in [-0.39, 0.29) is 6.04 Å². The topological polar surface area (TPSA) is 38.1 Å². The summed E-state index contributed by atoms with van der Waals surface area (Å²) in [5.41, 5.74) is 1.18. The summed E-state index contributed by atoms with van der Waals surface area (Å²) in [4.78, 5) is 14.5. The van der Waals surface area contributed by atoms with Gasteiger partial charge in [-0.2, -0.15) is 5.10 Å². The van der Waals surface area contributed by atoms with Crippen LogP contribution < -0.4 is 0 Å². The van der Waals surface area contributed by atoms with E-state index in [1.165, 1.54) is 5.56 Å². The maximum atomic E-state index is 12.5. The normalized spacial score (nSPS) is 26.3. The molecule has 2 heterocycles. The number of carbonyl (C=O) groups excluding carboxylic acids is 1. The molecule has 19 heavy (non-hydrogen) atoms. The molecule has 2 atom stereocenters. The summed E-state index contributed by atoms with van der Waals surface area (Å²) < 4.78 is 1.82. The van der Waals surface area contributed by atoms with E-state index in [0.717, 1.165) is 32.2 Å².